The molecular weight excluding hydrogens is 222 g/mol. The van der Waals surface area contributed by atoms with Gasteiger partial charge in [0.2, 0.25) is 0 Å². The number of ether oxygens (including phenoxy) is 1. The molecule has 0 N–H and O–H groups in total. The minimum absolute atomic E-state index is 0.768. The fourth-order valence-corrected chi connectivity index (χ4v) is 3.34. The van der Waals surface area contributed by atoms with Gasteiger partial charge in [-0.05, 0) is 42.7 Å². The van der Waals surface area contributed by atoms with Crippen molar-refractivity contribution >= 4 is 0 Å². The molecule has 2 fully saturated rings. The first-order valence-corrected chi connectivity index (χ1v) is 7.13. The van der Waals surface area contributed by atoms with E-state index in [2.05, 4.69) is 35.2 Å². The van der Waals surface area contributed by atoms with Crippen LogP contribution in [-0.2, 0) is 4.74 Å². The fraction of sp³-hybridized carbons (Fsp3) is 0.625. The maximum atomic E-state index is 5.26. The number of hydrogen-bond donors (Lipinski definition) is 0. The molecule has 1 saturated heterocycles. The van der Waals surface area contributed by atoms with Crippen LogP contribution in [0, 0.1) is 11.8 Å². The SMILES string of the molecule is COC[C@@H]1CCN(C[C@@H]2C[C@H]2c2ccccc2)C1. The summed E-state index contributed by atoms with van der Waals surface area (Å²) in [6.07, 6.45) is 2.70. The maximum Gasteiger partial charge on any atom is 0.0503 e. The van der Waals surface area contributed by atoms with Gasteiger partial charge in [-0.15, -0.1) is 0 Å². The number of hydrogen-bond acceptors (Lipinski definition) is 2. The molecule has 2 aliphatic rings. The van der Waals surface area contributed by atoms with E-state index in [0.717, 1.165) is 24.4 Å². The van der Waals surface area contributed by atoms with E-state index in [1.807, 2.05) is 7.11 Å². The van der Waals surface area contributed by atoms with Gasteiger partial charge in [-0.25, -0.2) is 0 Å². The molecule has 3 rings (SSSR count). The van der Waals surface area contributed by atoms with Crippen molar-refractivity contribution in [2.24, 2.45) is 11.8 Å². The van der Waals surface area contributed by atoms with Crippen molar-refractivity contribution in [3.05, 3.63) is 35.9 Å². The molecule has 1 aliphatic heterocycles. The monoisotopic (exact) mass is 245 g/mol. The molecule has 1 aromatic rings. The molecule has 1 saturated carbocycles. The predicted molar refractivity (Wildman–Crippen MR) is 73.7 cm³/mol. The highest BCUT2D eigenvalue weighted by molar-refractivity contribution is 5.25. The van der Waals surface area contributed by atoms with Gasteiger partial charge in [-0.2, -0.15) is 0 Å². The van der Waals surface area contributed by atoms with Crippen LogP contribution < -0.4 is 0 Å². The largest absolute Gasteiger partial charge is 0.384 e. The van der Waals surface area contributed by atoms with Crippen LogP contribution in [-0.4, -0.2) is 38.3 Å². The van der Waals surface area contributed by atoms with Gasteiger partial charge in [0, 0.05) is 20.2 Å². The summed E-state index contributed by atoms with van der Waals surface area (Å²) in [6.45, 7) is 4.74. The van der Waals surface area contributed by atoms with Crippen molar-refractivity contribution in [2.45, 2.75) is 18.8 Å². The first-order chi connectivity index (χ1) is 8.86. The highest BCUT2D eigenvalue weighted by Gasteiger charge is 2.40. The Bertz CT molecular complexity index is 378. The van der Waals surface area contributed by atoms with E-state index in [1.165, 1.54) is 38.0 Å². The molecule has 0 bridgehead atoms. The average Bonchev–Trinajstić information content (AvgIpc) is 3.02. The van der Waals surface area contributed by atoms with Gasteiger partial charge >= 0.3 is 0 Å². The smallest absolute Gasteiger partial charge is 0.0503 e. The van der Waals surface area contributed by atoms with Crippen LogP contribution in [0.2, 0.25) is 0 Å². The number of rotatable bonds is 5. The molecule has 0 spiro atoms. The van der Waals surface area contributed by atoms with E-state index < -0.39 is 0 Å². The molecule has 0 unspecified atom stereocenters. The molecular formula is C16H23NO. The first-order valence-electron chi connectivity index (χ1n) is 7.13. The lowest BCUT2D eigenvalue weighted by Crippen LogP contribution is -2.24. The molecule has 1 aromatic carbocycles. The third-order valence-corrected chi connectivity index (χ3v) is 4.42. The van der Waals surface area contributed by atoms with Gasteiger partial charge in [0.15, 0.2) is 0 Å². The molecule has 2 nitrogen and oxygen atoms in total. The summed E-state index contributed by atoms with van der Waals surface area (Å²) in [5.41, 5.74) is 1.54. The summed E-state index contributed by atoms with van der Waals surface area (Å²) >= 11 is 0. The van der Waals surface area contributed by atoms with Crippen molar-refractivity contribution in [2.75, 3.05) is 33.4 Å². The first kappa shape index (κ1) is 12.2. The van der Waals surface area contributed by atoms with Gasteiger partial charge < -0.3 is 9.64 Å². The molecule has 98 valence electrons. The number of likely N-dealkylation sites (tertiary alicyclic amines) is 1. The third-order valence-electron chi connectivity index (χ3n) is 4.42. The lowest BCUT2D eigenvalue weighted by molar-refractivity contribution is 0.152. The maximum absolute atomic E-state index is 5.26. The summed E-state index contributed by atoms with van der Waals surface area (Å²) in [4.78, 5) is 2.64. The van der Waals surface area contributed by atoms with Crippen molar-refractivity contribution < 1.29 is 4.74 Å². The Kier molecular flexibility index (Phi) is 3.67. The second-order valence-electron chi connectivity index (χ2n) is 5.88. The molecule has 18 heavy (non-hydrogen) atoms. The van der Waals surface area contributed by atoms with Crippen LogP contribution >= 0.6 is 0 Å². The molecule has 1 heterocycles. The van der Waals surface area contributed by atoms with E-state index in [-0.39, 0.29) is 0 Å². The van der Waals surface area contributed by atoms with Crippen LogP contribution in [0.25, 0.3) is 0 Å². The van der Waals surface area contributed by atoms with Crippen molar-refractivity contribution in [3.8, 4) is 0 Å². The van der Waals surface area contributed by atoms with Crippen LogP contribution in [0.1, 0.15) is 24.3 Å². The topological polar surface area (TPSA) is 12.5 Å². The Morgan fingerprint density at radius 3 is 2.89 bits per heavy atom. The molecule has 3 atom stereocenters. The van der Waals surface area contributed by atoms with E-state index >= 15 is 0 Å². The predicted octanol–water partition coefficient (Wildman–Crippen LogP) is 2.76. The molecule has 0 radical (unpaired) electrons. The zero-order chi connectivity index (χ0) is 12.4. The second kappa shape index (κ2) is 5.41. The Morgan fingerprint density at radius 2 is 2.11 bits per heavy atom. The number of methoxy groups -OCH3 is 1. The van der Waals surface area contributed by atoms with E-state index in [4.69, 9.17) is 4.74 Å². The summed E-state index contributed by atoms with van der Waals surface area (Å²) < 4.78 is 5.26. The summed E-state index contributed by atoms with van der Waals surface area (Å²) in [5.74, 6) is 2.49. The normalized spacial score (nSPS) is 31.7. The molecule has 0 aromatic heterocycles. The molecule has 1 aliphatic carbocycles. The van der Waals surface area contributed by atoms with Gasteiger partial charge in [0.1, 0.15) is 0 Å². The lowest BCUT2D eigenvalue weighted by atomic mass is 10.1. The van der Waals surface area contributed by atoms with Crippen molar-refractivity contribution in [3.63, 3.8) is 0 Å². The van der Waals surface area contributed by atoms with Crippen molar-refractivity contribution in [1.29, 1.82) is 0 Å². The van der Waals surface area contributed by atoms with Gasteiger partial charge in [-0.1, -0.05) is 30.3 Å². The zero-order valence-corrected chi connectivity index (χ0v) is 11.2. The third kappa shape index (κ3) is 2.76. The lowest BCUT2D eigenvalue weighted by Gasteiger charge is -2.15. The van der Waals surface area contributed by atoms with E-state index in [1.54, 1.807) is 0 Å². The van der Waals surface area contributed by atoms with Gasteiger partial charge in [-0.3, -0.25) is 0 Å². The summed E-state index contributed by atoms with van der Waals surface area (Å²) in [6, 6.07) is 11.0. The Labute approximate surface area is 110 Å². The highest BCUT2D eigenvalue weighted by Crippen LogP contribution is 2.48. The van der Waals surface area contributed by atoms with Crippen molar-refractivity contribution in [1.82, 2.24) is 4.90 Å². The second-order valence-corrected chi connectivity index (χ2v) is 5.88. The zero-order valence-electron chi connectivity index (χ0n) is 11.2. The Morgan fingerprint density at radius 1 is 1.28 bits per heavy atom. The van der Waals surface area contributed by atoms with Crippen LogP contribution in [0.4, 0.5) is 0 Å². The minimum Gasteiger partial charge on any atom is -0.384 e. The average molecular weight is 245 g/mol. The van der Waals surface area contributed by atoms with Crippen LogP contribution in [0.5, 0.6) is 0 Å². The molecule has 0 amide bonds. The Hall–Kier alpha value is -0.860. The van der Waals surface area contributed by atoms with Crippen LogP contribution in [0.15, 0.2) is 30.3 Å². The summed E-state index contributed by atoms with van der Waals surface area (Å²) in [5, 5.41) is 0. The van der Waals surface area contributed by atoms with Gasteiger partial charge in [0.05, 0.1) is 6.61 Å². The van der Waals surface area contributed by atoms with Gasteiger partial charge in [0.25, 0.3) is 0 Å². The van der Waals surface area contributed by atoms with E-state index in [9.17, 15) is 0 Å². The Balaban J connectivity index is 1.46. The standard InChI is InChI=1S/C16H23NO/c1-18-12-13-7-8-17(10-13)11-15-9-16(15)14-5-3-2-4-6-14/h2-6,13,15-16H,7-12H2,1H3/t13-,15+,16+/m1/s1. The van der Waals surface area contributed by atoms with E-state index in [0.29, 0.717) is 0 Å². The summed E-state index contributed by atoms with van der Waals surface area (Å²) in [7, 11) is 1.81. The number of nitrogens with zero attached hydrogens (tertiary/aromatic N) is 1. The number of benzene rings is 1. The van der Waals surface area contributed by atoms with Crippen LogP contribution in [0.3, 0.4) is 0 Å². The highest BCUT2D eigenvalue weighted by atomic mass is 16.5. The molecule has 2 heteroatoms. The quantitative estimate of drug-likeness (QED) is 0.791. The fourth-order valence-electron chi connectivity index (χ4n) is 3.34. The minimum atomic E-state index is 0.768.